The molecule has 0 heterocycles. The van der Waals surface area contributed by atoms with Crippen molar-refractivity contribution in [1.82, 2.24) is 0 Å². The molecule has 1 N–H and O–H groups in total. The molecule has 2 atom stereocenters. The number of carbonyl (C=O) groups excluding carboxylic acids is 1. The number of nitrogens with zero attached hydrogens (tertiary/aromatic N) is 2. The number of diazo groups is 1. The van der Waals surface area contributed by atoms with Gasteiger partial charge in [0.15, 0.2) is 10.7 Å². The van der Waals surface area contributed by atoms with Gasteiger partial charge in [-0.25, -0.2) is 4.79 Å². The maximum atomic E-state index is 12.0. The Kier molecular flexibility index (Phi) is 6.78. The summed E-state index contributed by atoms with van der Waals surface area (Å²) in [5.41, 5.74) is 0.507. The molecule has 1 fully saturated rings. The number of hydrogen-bond acceptors (Lipinski definition) is 6. The van der Waals surface area contributed by atoms with Gasteiger partial charge in [0.1, 0.15) is 11.9 Å². The minimum absolute atomic E-state index is 0.237. The Balaban J connectivity index is 1.96. The summed E-state index contributed by atoms with van der Waals surface area (Å²) in [6, 6.07) is 7.56. The zero-order valence-corrected chi connectivity index (χ0v) is 14.5. The second-order valence-electron chi connectivity index (χ2n) is 5.96. The Bertz CT molecular complexity index is 659. The standard InChI is InChI=1S/C18H22N2O5/c1-12(21)17(20-19)18(22)25-16-6-4-3-5-15(16)24-11-13-7-9-14(23-2)10-8-13/h7-10,15-16H,3-6,11H2,1-2H3/p+1/t15-,16-/m1/s1. The molecule has 134 valence electrons. The zero-order valence-electron chi connectivity index (χ0n) is 14.5. The molecule has 1 aromatic carbocycles. The molecule has 0 spiro atoms. The van der Waals surface area contributed by atoms with E-state index in [0.717, 1.165) is 30.6 Å². The van der Waals surface area contributed by atoms with Gasteiger partial charge in [0, 0.05) is 6.92 Å². The Morgan fingerprint density at radius 3 is 2.44 bits per heavy atom. The Morgan fingerprint density at radius 1 is 1.24 bits per heavy atom. The molecule has 7 nitrogen and oxygen atoms in total. The monoisotopic (exact) mass is 347 g/mol. The van der Waals surface area contributed by atoms with E-state index < -0.39 is 17.8 Å². The van der Waals surface area contributed by atoms with Crippen LogP contribution in [-0.2, 0) is 20.9 Å². The normalized spacial score (nSPS) is 21.0. The van der Waals surface area contributed by atoms with Crippen LogP contribution in [0.25, 0.3) is 4.98 Å². The third kappa shape index (κ3) is 5.19. The van der Waals surface area contributed by atoms with E-state index in [1.54, 1.807) is 7.11 Å². The van der Waals surface area contributed by atoms with Crippen molar-refractivity contribution in [3.8, 4) is 5.75 Å². The second kappa shape index (κ2) is 9.04. The molecule has 1 aromatic rings. The van der Waals surface area contributed by atoms with Crippen LogP contribution in [0.15, 0.2) is 35.7 Å². The van der Waals surface area contributed by atoms with E-state index >= 15 is 0 Å². The first-order valence-corrected chi connectivity index (χ1v) is 8.25. The fourth-order valence-corrected chi connectivity index (χ4v) is 2.77. The highest BCUT2D eigenvalue weighted by Crippen LogP contribution is 2.26. The predicted octanol–water partition coefficient (Wildman–Crippen LogP) is 3.71. The third-order valence-corrected chi connectivity index (χ3v) is 4.16. The van der Waals surface area contributed by atoms with Crippen molar-refractivity contribution >= 4 is 5.97 Å². The number of esters is 1. The first-order valence-electron chi connectivity index (χ1n) is 8.25. The summed E-state index contributed by atoms with van der Waals surface area (Å²) in [7, 11) is 1.61. The highest BCUT2D eigenvalue weighted by Gasteiger charge is 2.35. The highest BCUT2D eigenvalue weighted by atomic mass is 16.6. The van der Waals surface area contributed by atoms with Crippen LogP contribution in [0.2, 0.25) is 0 Å². The molecule has 0 aliphatic heterocycles. The molecular weight excluding hydrogens is 324 g/mol. The van der Waals surface area contributed by atoms with Crippen LogP contribution in [0.5, 0.6) is 5.75 Å². The van der Waals surface area contributed by atoms with Crippen molar-refractivity contribution in [3.05, 3.63) is 46.3 Å². The van der Waals surface area contributed by atoms with Crippen LogP contribution >= 0.6 is 0 Å². The highest BCUT2D eigenvalue weighted by molar-refractivity contribution is 5.90. The average molecular weight is 347 g/mol. The van der Waals surface area contributed by atoms with E-state index in [4.69, 9.17) is 19.6 Å². The fraction of sp³-hybridized carbons (Fsp3) is 0.500. The van der Waals surface area contributed by atoms with Crippen LogP contribution in [0.4, 0.5) is 0 Å². The summed E-state index contributed by atoms with van der Waals surface area (Å²) in [5, 5.41) is 18.2. The molecule has 0 saturated heterocycles. The van der Waals surface area contributed by atoms with Gasteiger partial charge >= 0.3 is 11.7 Å². The quantitative estimate of drug-likeness (QED) is 0.365. The average Bonchev–Trinajstić information content (AvgIpc) is 2.61. The Labute approximate surface area is 146 Å². The molecule has 1 saturated carbocycles. The summed E-state index contributed by atoms with van der Waals surface area (Å²) in [6.07, 6.45) is 2.69. The van der Waals surface area contributed by atoms with Crippen LogP contribution < -0.4 is 4.74 Å². The first-order chi connectivity index (χ1) is 12.0. The van der Waals surface area contributed by atoms with Gasteiger partial charge in [-0.15, -0.1) is 0 Å². The number of rotatable bonds is 6. The fourth-order valence-electron chi connectivity index (χ4n) is 2.77. The van der Waals surface area contributed by atoms with Gasteiger partial charge in [-0.2, -0.15) is 0 Å². The lowest BCUT2D eigenvalue weighted by molar-refractivity contribution is -0.157. The lowest BCUT2D eigenvalue weighted by Gasteiger charge is -2.30. The first kappa shape index (κ1) is 18.7. The molecule has 0 bridgehead atoms. The van der Waals surface area contributed by atoms with Gasteiger partial charge in [-0.1, -0.05) is 18.6 Å². The topological polar surface area (TPSA) is 93.1 Å². The molecule has 2 rings (SSSR count). The predicted molar refractivity (Wildman–Crippen MR) is 90.3 cm³/mol. The van der Waals surface area contributed by atoms with Crippen molar-refractivity contribution in [1.29, 1.82) is 5.39 Å². The van der Waals surface area contributed by atoms with E-state index in [1.807, 2.05) is 24.3 Å². The van der Waals surface area contributed by atoms with Gasteiger partial charge in [0.05, 0.1) is 19.8 Å². The molecule has 0 amide bonds. The lowest BCUT2D eigenvalue weighted by atomic mass is 9.94. The Hall–Kier alpha value is -2.59. The van der Waals surface area contributed by atoms with Crippen LogP contribution in [0.3, 0.4) is 0 Å². The minimum atomic E-state index is -0.854. The number of aliphatic hydroxyl groups is 1. The van der Waals surface area contributed by atoms with Crippen molar-refractivity contribution in [2.24, 2.45) is 0 Å². The van der Waals surface area contributed by atoms with Crippen LogP contribution in [0.1, 0.15) is 38.2 Å². The van der Waals surface area contributed by atoms with Gasteiger partial charge in [0.2, 0.25) is 5.39 Å². The summed E-state index contributed by atoms with van der Waals surface area (Å²) >= 11 is 0. The van der Waals surface area contributed by atoms with E-state index in [0.29, 0.717) is 13.0 Å². The van der Waals surface area contributed by atoms with Crippen molar-refractivity contribution in [2.45, 2.75) is 51.4 Å². The van der Waals surface area contributed by atoms with E-state index in [9.17, 15) is 9.90 Å². The van der Waals surface area contributed by atoms with Gasteiger partial charge in [-0.05, 0) is 37.0 Å². The largest absolute Gasteiger partial charge is 0.505 e. The SMILES string of the molecule is COc1ccc(CO[C@@H]2CCCC[C@H]2OC(=O)/C([N+]#N)=C(/C)O)cc1. The zero-order chi connectivity index (χ0) is 18.2. The maximum Gasteiger partial charge on any atom is 0.504 e. The van der Waals surface area contributed by atoms with Gasteiger partial charge in [-0.3, -0.25) is 0 Å². The minimum Gasteiger partial charge on any atom is -0.505 e. The summed E-state index contributed by atoms with van der Waals surface area (Å²) in [6.45, 7) is 1.66. The Morgan fingerprint density at radius 2 is 1.88 bits per heavy atom. The van der Waals surface area contributed by atoms with Gasteiger partial charge < -0.3 is 19.3 Å². The molecule has 0 aromatic heterocycles. The second-order valence-corrected chi connectivity index (χ2v) is 5.96. The van der Waals surface area contributed by atoms with Crippen molar-refractivity contribution in [2.75, 3.05) is 7.11 Å². The molecule has 0 unspecified atom stereocenters. The van der Waals surface area contributed by atoms with Crippen molar-refractivity contribution in [3.63, 3.8) is 0 Å². The maximum absolute atomic E-state index is 12.0. The number of carbonyl (C=O) groups is 1. The van der Waals surface area contributed by atoms with E-state index in [-0.39, 0.29) is 11.9 Å². The number of aliphatic hydroxyl groups excluding tert-OH is 1. The van der Waals surface area contributed by atoms with Crippen LogP contribution in [-0.4, -0.2) is 30.4 Å². The number of methoxy groups -OCH3 is 1. The van der Waals surface area contributed by atoms with Crippen molar-refractivity contribution < 1.29 is 24.1 Å². The molecule has 0 radical (unpaired) electrons. The van der Waals surface area contributed by atoms with Gasteiger partial charge in [0.25, 0.3) is 0 Å². The number of allylic oxidation sites excluding steroid dienone is 1. The smallest absolute Gasteiger partial charge is 0.504 e. The third-order valence-electron chi connectivity index (χ3n) is 4.16. The molecule has 7 heteroatoms. The summed E-state index contributed by atoms with van der Waals surface area (Å²) in [4.78, 5) is 14.8. The number of ether oxygens (including phenoxy) is 3. The number of benzene rings is 1. The molecular formula is C18H23N2O5+. The summed E-state index contributed by atoms with van der Waals surface area (Å²) in [5.74, 6) is -0.467. The molecule has 25 heavy (non-hydrogen) atoms. The number of hydrogen-bond donors (Lipinski definition) is 1. The lowest BCUT2D eigenvalue weighted by Crippen LogP contribution is -2.36. The molecule has 1 aliphatic carbocycles. The van der Waals surface area contributed by atoms with Crippen LogP contribution in [0, 0.1) is 5.39 Å². The van der Waals surface area contributed by atoms with E-state index in [2.05, 4.69) is 4.98 Å². The molecule has 1 aliphatic rings. The van der Waals surface area contributed by atoms with E-state index in [1.165, 1.54) is 6.92 Å². The summed E-state index contributed by atoms with van der Waals surface area (Å²) < 4.78 is 16.5.